The minimum Gasteiger partial charge on any atom is -0.454 e. The molecule has 2 amide bonds. The molecule has 1 aliphatic rings. The molecule has 1 aromatic heterocycles. The summed E-state index contributed by atoms with van der Waals surface area (Å²) >= 11 is 5.59. The molecule has 208 valence electrons. The molecule has 1 fully saturated rings. The van der Waals surface area contributed by atoms with E-state index in [4.69, 9.17) is 21.1 Å². The van der Waals surface area contributed by atoms with Crippen LogP contribution in [0.2, 0.25) is 5.02 Å². The van der Waals surface area contributed by atoms with Crippen LogP contribution in [0.5, 0.6) is 11.5 Å². The molecule has 1 aliphatic heterocycles. The molecule has 0 unspecified atom stereocenters. The van der Waals surface area contributed by atoms with Gasteiger partial charge < -0.3 is 20.1 Å². The number of rotatable bonds is 6. The van der Waals surface area contributed by atoms with Crippen LogP contribution in [0, 0.1) is 5.82 Å². The van der Waals surface area contributed by atoms with Gasteiger partial charge in [0.25, 0.3) is 0 Å². The molecule has 1 saturated heterocycles. The van der Waals surface area contributed by atoms with Crippen LogP contribution in [-0.2, 0) is 17.5 Å². The SMILES string of the molecule is O=C(Nc1ccc(Oc2ccc3ncc(CN4CCOCC4)nc3c2)c(F)c1)Nc1ccc(Cl)c(C(F)(F)F)c1. The number of carbonyl (C=O) groups is 1. The molecule has 2 heterocycles. The highest BCUT2D eigenvalue weighted by atomic mass is 35.5. The average Bonchev–Trinajstić information content (AvgIpc) is 2.91. The second-order valence-electron chi connectivity index (χ2n) is 8.92. The molecule has 4 aromatic rings. The number of hydrogen-bond donors (Lipinski definition) is 2. The van der Waals surface area contributed by atoms with E-state index in [2.05, 4.69) is 25.5 Å². The summed E-state index contributed by atoms with van der Waals surface area (Å²) in [6, 6.07) is 10.8. The summed E-state index contributed by atoms with van der Waals surface area (Å²) in [4.78, 5) is 23.6. The number of carbonyl (C=O) groups excluding carboxylic acids is 1. The zero-order valence-electron chi connectivity index (χ0n) is 20.8. The van der Waals surface area contributed by atoms with Gasteiger partial charge in [-0.2, -0.15) is 13.2 Å². The number of ether oxygens (including phenoxy) is 2. The predicted octanol–water partition coefficient (Wildman–Crippen LogP) is 6.71. The van der Waals surface area contributed by atoms with Crippen molar-refractivity contribution in [2.24, 2.45) is 0 Å². The summed E-state index contributed by atoms with van der Waals surface area (Å²) in [5.41, 5.74) is 0.875. The summed E-state index contributed by atoms with van der Waals surface area (Å²) < 4.78 is 65.0. The third-order valence-corrected chi connectivity index (χ3v) is 6.33. The number of morpholine rings is 1. The first-order chi connectivity index (χ1) is 19.1. The number of nitrogens with zero attached hydrogens (tertiary/aromatic N) is 3. The summed E-state index contributed by atoms with van der Waals surface area (Å²) in [5, 5.41) is 4.14. The number of amides is 2. The van der Waals surface area contributed by atoms with Crippen LogP contribution in [0.25, 0.3) is 11.0 Å². The lowest BCUT2D eigenvalue weighted by Crippen LogP contribution is -2.35. The van der Waals surface area contributed by atoms with Crippen molar-refractivity contribution in [3.63, 3.8) is 0 Å². The van der Waals surface area contributed by atoms with Crippen LogP contribution >= 0.6 is 11.6 Å². The first-order valence-corrected chi connectivity index (χ1v) is 12.5. The van der Waals surface area contributed by atoms with Crippen molar-refractivity contribution in [2.75, 3.05) is 36.9 Å². The Kier molecular flexibility index (Phi) is 8.01. The number of hydrogen-bond acceptors (Lipinski definition) is 6. The van der Waals surface area contributed by atoms with E-state index in [-0.39, 0.29) is 17.1 Å². The van der Waals surface area contributed by atoms with E-state index in [1.807, 2.05) is 0 Å². The number of fused-ring (bicyclic) bond motifs is 1. The van der Waals surface area contributed by atoms with Crippen LogP contribution in [-0.4, -0.2) is 47.2 Å². The molecule has 40 heavy (non-hydrogen) atoms. The van der Waals surface area contributed by atoms with Crippen molar-refractivity contribution in [1.82, 2.24) is 14.9 Å². The van der Waals surface area contributed by atoms with Gasteiger partial charge in [-0.15, -0.1) is 0 Å². The van der Waals surface area contributed by atoms with Crippen molar-refractivity contribution >= 4 is 40.0 Å². The zero-order valence-corrected chi connectivity index (χ0v) is 21.5. The van der Waals surface area contributed by atoms with Gasteiger partial charge in [0, 0.05) is 43.1 Å². The summed E-state index contributed by atoms with van der Waals surface area (Å²) in [7, 11) is 0. The standard InChI is InChI=1S/C27H22ClF4N5O3/c28-21-4-1-16(11-20(21)27(30,31)32)35-26(38)36-17-2-6-25(22(29)12-17)40-19-3-5-23-24(13-19)34-18(14-33-23)15-37-7-9-39-10-8-37/h1-6,11-14H,7-10,15H2,(H2,35,36,38). The van der Waals surface area contributed by atoms with Gasteiger partial charge in [0.1, 0.15) is 5.75 Å². The Labute approximate surface area is 230 Å². The van der Waals surface area contributed by atoms with Gasteiger partial charge in [-0.05, 0) is 42.5 Å². The zero-order chi connectivity index (χ0) is 28.3. The van der Waals surface area contributed by atoms with Crippen LogP contribution < -0.4 is 15.4 Å². The highest BCUT2D eigenvalue weighted by molar-refractivity contribution is 6.31. The smallest absolute Gasteiger partial charge is 0.417 e. The van der Waals surface area contributed by atoms with Gasteiger partial charge in [-0.3, -0.25) is 9.88 Å². The Hall–Kier alpha value is -4.00. The number of aromatic nitrogens is 2. The third-order valence-electron chi connectivity index (χ3n) is 6.00. The summed E-state index contributed by atoms with van der Waals surface area (Å²) in [5.74, 6) is -0.531. The first-order valence-electron chi connectivity index (χ1n) is 12.1. The Bertz CT molecular complexity index is 1550. The van der Waals surface area contributed by atoms with Crippen LogP contribution in [0.15, 0.2) is 60.8 Å². The maximum atomic E-state index is 14.8. The normalized spacial score (nSPS) is 14.2. The fourth-order valence-corrected chi connectivity index (χ4v) is 4.28. The van der Waals surface area contributed by atoms with E-state index in [0.29, 0.717) is 42.6 Å². The monoisotopic (exact) mass is 575 g/mol. The number of benzene rings is 3. The van der Waals surface area contributed by atoms with Crippen LogP contribution in [0.4, 0.5) is 33.7 Å². The largest absolute Gasteiger partial charge is 0.454 e. The molecular weight excluding hydrogens is 554 g/mol. The first kappa shape index (κ1) is 27.6. The van der Waals surface area contributed by atoms with Gasteiger partial charge in [-0.1, -0.05) is 11.6 Å². The van der Waals surface area contributed by atoms with Crippen LogP contribution in [0.3, 0.4) is 0 Å². The Balaban J connectivity index is 1.24. The van der Waals surface area contributed by atoms with Gasteiger partial charge in [0.15, 0.2) is 11.6 Å². The minimum atomic E-state index is -4.69. The minimum absolute atomic E-state index is 0.0597. The molecular formula is C27H22ClF4N5O3. The molecule has 5 rings (SSSR count). The van der Waals surface area contributed by atoms with Gasteiger partial charge >= 0.3 is 12.2 Å². The molecule has 0 atom stereocenters. The second-order valence-corrected chi connectivity index (χ2v) is 9.33. The van der Waals surface area contributed by atoms with E-state index in [1.165, 1.54) is 18.2 Å². The number of alkyl halides is 3. The highest BCUT2D eigenvalue weighted by Gasteiger charge is 2.33. The van der Waals surface area contributed by atoms with Gasteiger partial charge in [0.2, 0.25) is 0 Å². The number of anilines is 2. The molecule has 2 N–H and O–H groups in total. The summed E-state index contributed by atoms with van der Waals surface area (Å²) in [6.45, 7) is 3.61. The number of nitrogens with one attached hydrogen (secondary N) is 2. The fraction of sp³-hybridized carbons (Fsp3) is 0.222. The Morgan fingerprint density at radius 1 is 1.00 bits per heavy atom. The molecule has 0 spiro atoms. The van der Waals surface area contributed by atoms with E-state index in [9.17, 15) is 22.4 Å². The van der Waals surface area contributed by atoms with E-state index in [0.717, 1.165) is 30.9 Å². The number of urea groups is 1. The fourth-order valence-electron chi connectivity index (χ4n) is 4.06. The Morgan fingerprint density at radius 2 is 1.73 bits per heavy atom. The van der Waals surface area contributed by atoms with E-state index >= 15 is 0 Å². The average molecular weight is 576 g/mol. The maximum absolute atomic E-state index is 14.8. The maximum Gasteiger partial charge on any atom is 0.417 e. The molecule has 0 aliphatic carbocycles. The van der Waals surface area contributed by atoms with Crippen molar-refractivity contribution in [2.45, 2.75) is 12.7 Å². The lowest BCUT2D eigenvalue weighted by atomic mass is 10.2. The van der Waals surface area contributed by atoms with E-state index in [1.54, 1.807) is 24.4 Å². The van der Waals surface area contributed by atoms with Crippen molar-refractivity contribution in [3.8, 4) is 11.5 Å². The highest BCUT2D eigenvalue weighted by Crippen LogP contribution is 2.36. The molecule has 0 bridgehead atoms. The Morgan fingerprint density at radius 3 is 2.45 bits per heavy atom. The van der Waals surface area contributed by atoms with Crippen molar-refractivity contribution in [1.29, 1.82) is 0 Å². The lowest BCUT2D eigenvalue weighted by Gasteiger charge is -2.26. The topological polar surface area (TPSA) is 88.6 Å². The predicted molar refractivity (Wildman–Crippen MR) is 141 cm³/mol. The van der Waals surface area contributed by atoms with E-state index < -0.39 is 28.6 Å². The molecule has 0 saturated carbocycles. The van der Waals surface area contributed by atoms with Crippen molar-refractivity contribution in [3.05, 3.63) is 82.9 Å². The quantitative estimate of drug-likeness (QED) is 0.248. The van der Waals surface area contributed by atoms with Crippen molar-refractivity contribution < 1.29 is 31.8 Å². The summed E-state index contributed by atoms with van der Waals surface area (Å²) in [6.07, 6.45) is -2.96. The van der Waals surface area contributed by atoms with Gasteiger partial charge in [0.05, 0.1) is 46.7 Å². The molecule has 8 nitrogen and oxygen atoms in total. The lowest BCUT2D eigenvalue weighted by molar-refractivity contribution is -0.137. The molecule has 0 radical (unpaired) electrons. The molecule has 13 heteroatoms. The second kappa shape index (κ2) is 11.6. The number of halogens is 5. The van der Waals surface area contributed by atoms with Gasteiger partial charge in [-0.25, -0.2) is 14.2 Å². The molecule has 3 aromatic carbocycles. The van der Waals surface area contributed by atoms with Crippen LogP contribution in [0.1, 0.15) is 11.3 Å². The third kappa shape index (κ3) is 6.76.